The Balaban J connectivity index is 1.89. The maximum atomic E-state index is 12.3. The summed E-state index contributed by atoms with van der Waals surface area (Å²) in [5.74, 6) is 0. The number of likely N-dealkylation sites (N-methyl/N-ethyl adjacent to an activating group) is 1. The SMILES string of the molecule is CN1CCN(CCNS(=O)(=O)c2ccc(Br)cc2Br)CC1. The highest BCUT2D eigenvalue weighted by molar-refractivity contribution is 9.11. The van der Waals surface area contributed by atoms with E-state index in [1.54, 1.807) is 18.2 Å². The number of piperazine rings is 1. The molecule has 8 heteroatoms. The smallest absolute Gasteiger partial charge is 0.241 e. The van der Waals surface area contributed by atoms with Gasteiger partial charge in [-0.1, -0.05) is 15.9 Å². The zero-order chi connectivity index (χ0) is 15.5. The molecule has 0 saturated carbocycles. The standard InChI is InChI=1S/C13H19Br2N3O2S/c1-17-6-8-18(9-7-17)5-4-16-21(19,20)13-3-2-11(14)10-12(13)15/h2-3,10,16H,4-9H2,1H3. The first-order chi connectivity index (χ1) is 9.88. The number of hydrogen-bond donors (Lipinski definition) is 1. The molecule has 0 bridgehead atoms. The molecule has 1 saturated heterocycles. The van der Waals surface area contributed by atoms with Gasteiger partial charge in [0.1, 0.15) is 0 Å². The molecule has 1 aromatic rings. The van der Waals surface area contributed by atoms with Gasteiger partial charge in [-0.05, 0) is 41.2 Å². The number of halogens is 2. The van der Waals surface area contributed by atoms with Crippen molar-refractivity contribution in [2.45, 2.75) is 4.90 Å². The van der Waals surface area contributed by atoms with Crippen molar-refractivity contribution in [2.75, 3.05) is 46.3 Å². The molecule has 1 N–H and O–H groups in total. The number of benzene rings is 1. The summed E-state index contributed by atoms with van der Waals surface area (Å²) >= 11 is 6.61. The van der Waals surface area contributed by atoms with Gasteiger partial charge in [0, 0.05) is 48.2 Å². The van der Waals surface area contributed by atoms with E-state index >= 15 is 0 Å². The molecule has 0 radical (unpaired) electrons. The first-order valence-corrected chi connectivity index (χ1v) is 9.81. The van der Waals surface area contributed by atoms with Crippen LogP contribution in [0.1, 0.15) is 0 Å². The van der Waals surface area contributed by atoms with E-state index in [9.17, 15) is 8.42 Å². The summed E-state index contributed by atoms with van der Waals surface area (Å²) in [6.45, 7) is 5.20. The molecule has 1 aliphatic rings. The Bertz CT molecular complexity index is 587. The van der Waals surface area contributed by atoms with Gasteiger partial charge < -0.3 is 4.90 Å². The minimum atomic E-state index is -3.47. The molecule has 1 aliphatic heterocycles. The van der Waals surface area contributed by atoms with E-state index in [1.807, 2.05) is 0 Å². The predicted octanol–water partition coefficient (Wildman–Crippen LogP) is 1.74. The van der Waals surface area contributed by atoms with Gasteiger partial charge in [-0.25, -0.2) is 13.1 Å². The van der Waals surface area contributed by atoms with Crippen molar-refractivity contribution in [2.24, 2.45) is 0 Å². The van der Waals surface area contributed by atoms with E-state index in [2.05, 4.69) is 53.4 Å². The van der Waals surface area contributed by atoms with Crippen LogP contribution in [0.4, 0.5) is 0 Å². The van der Waals surface area contributed by atoms with E-state index in [-0.39, 0.29) is 4.90 Å². The van der Waals surface area contributed by atoms with Gasteiger partial charge in [-0.2, -0.15) is 0 Å². The maximum Gasteiger partial charge on any atom is 0.241 e. The quantitative estimate of drug-likeness (QED) is 0.757. The fraction of sp³-hybridized carbons (Fsp3) is 0.538. The van der Waals surface area contributed by atoms with E-state index in [4.69, 9.17) is 0 Å². The van der Waals surface area contributed by atoms with Gasteiger partial charge in [0.2, 0.25) is 10.0 Å². The van der Waals surface area contributed by atoms with Crippen LogP contribution in [-0.4, -0.2) is 64.5 Å². The molecule has 0 atom stereocenters. The molecule has 0 spiro atoms. The van der Waals surface area contributed by atoms with Crippen LogP contribution in [0.25, 0.3) is 0 Å². The van der Waals surface area contributed by atoms with Crippen LogP contribution < -0.4 is 4.72 Å². The van der Waals surface area contributed by atoms with Crippen LogP contribution in [0.3, 0.4) is 0 Å². The molecule has 2 rings (SSSR count). The first kappa shape index (κ1) is 17.4. The Morgan fingerprint density at radius 2 is 1.86 bits per heavy atom. The van der Waals surface area contributed by atoms with Crippen LogP contribution in [0, 0.1) is 0 Å². The topological polar surface area (TPSA) is 52.6 Å². The zero-order valence-electron chi connectivity index (χ0n) is 11.8. The van der Waals surface area contributed by atoms with Crippen LogP contribution in [0.15, 0.2) is 32.0 Å². The number of hydrogen-bond acceptors (Lipinski definition) is 4. The molecular formula is C13H19Br2N3O2S. The van der Waals surface area contributed by atoms with E-state index in [1.165, 1.54) is 0 Å². The Morgan fingerprint density at radius 1 is 1.19 bits per heavy atom. The van der Waals surface area contributed by atoms with Crippen molar-refractivity contribution in [3.8, 4) is 0 Å². The van der Waals surface area contributed by atoms with Gasteiger partial charge in [-0.15, -0.1) is 0 Å². The second-order valence-electron chi connectivity index (χ2n) is 5.12. The molecular weight excluding hydrogens is 422 g/mol. The van der Waals surface area contributed by atoms with Crippen molar-refractivity contribution < 1.29 is 8.42 Å². The second kappa shape index (κ2) is 7.52. The van der Waals surface area contributed by atoms with Crippen molar-refractivity contribution >= 4 is 41.9 Å². The zero-order valence-corrected chi connectivity index (χ0v) is 15.8. The Morgan fingerprint density at radius 3 is 2.48 bits per heavy atom. The van der Waals surface area contributed by atoms with Crippen LogP contribution in [0.2, 0.25) is 0 Å². The van der Waals surface area contributed by atoms with Crippen LogP contribution >= 0.6 is 31.9 Å². The van der Waals surface area contributed by atoms with Gasteiger partial charge in [-0.3, -0.25) is 4.90 Å². The Hall–Kier alpha value is 0.01000. The van der Waals surface area contributed by atoms with Crippen molar-refractivity contribution in [3.63, 3.8) is 0 Å². The third-order valence-electron chi connectivity index (χ3n) is 3.50. The lowest BCUT2D eigenvalue weighted by Crippen LogP contribution is -2.46. The van der Waals surface area contributed by atoms with E-state index in [0.717, 1.165) is 37.2 Å². The molecule has 1 fully saturated rings. The highest BCUT2D eigenvalue weighted by atomic mass is 79.9. The van der Waals surface area contributed by atoms with Crippen molar-refractivity contribution in [1.29, 1.82) is 0 Å². The van der Waals surface area contributed by atoms with Gasteiger partial charge in [0.05, 0.1) is 4.90 Å². The lowest BCUT2D eigenvalue weighted by Gasteiger charge is -2.32. The van der Waals surface area contributed by atoms with Crippen LogP contribution in [-0.2, 0) is 10.0 Å². The molecule has 0 unspecified atom stereocenters. The fourth-order valence-electron chi connectivity index (χ4n) is 2.18. The minimum Gasteiger partial charge on any atom is -0.304 e. The van der Waals surface area contributed by atoms with Crippen molar-refractivity contribution in [3.05, 3.63) is 27.1 Å². The maximum absolute atomic E-state index is 12.3. The summed E-state index contributed by atoms with van der Waals surface area (Å²) < 4.78 is 28.6. The summed E-state index contributed by atoms with van der Waals surface area (Å²) in [5, 5.41) is 0. The lowest BCUT2D eigenvalue weighted by molar-refractivity contribution is 0.156. The molecule has 0 aromatic heterocycles. The minimum absolute atomic E-state index is 0.268. The summed E-state index contributed by atoms with van der Waals surface area (Å²) in [6.07, 6.45) is 0. The van der Waals surface area contributed by atoms with Crippen LogP contribution in [0.5, 0.6) is 0 Å². The number of nitrogens with zero attached hydrogens (tertiary/aromatic N) is 2. The summed E-state index contributed by atoms with van der Waals surface area (Å²) in [6, 6.07) is 5.04. The summed E-state index contributed by atoms with van der Waals surface area (Å²) in [7, 11) is -1.37. The number of sulfonamides is 1. The summed E-state index contributed by atoms with van der Waals surface area (Å²) in [4.78, 5) is 4.82. The second-order valence-corrected chi connectivity index (χ2v) is 8.62. The van der Waals surface area contributed by atoms with Gasteiger partial charge in [0.25, 0.3) is 0 Å². The molecule has 0 aliphatic carbocycles. The Labute approximate surface area is 143 Å². The Kier molecular flexibility index (Phi) is 6.22. The highest BCUT2D eigenvalue weighted by Crippen LogP contribution is 2.25. The molecule has 5 nitrogen and oxygen atoms in total. The van der Waals surface area contributed by atoms with Gasteiger partial charge in [0.15, 0.2) is 0 Å². The third-order valence-corrected chi connectivity index (χ3v) is 6.43. The normalized spacial score (nSPS) is 18.0. The molecule has 0 amide bonds. The van der Waals surface area contributed by atoms with Crippen molar-refractivity contribution in [1.82, 2.24) is 14.5 Å². The highest BCUT2D eigenvalue weighted by Gasteiger charge is 2.18. The molecule has 118 valence electrons. The largest absolute Gasteiger partial charge is 0.304 e. The number of nitrogens with one attached hydrogen (secondary N) is 1. The first-order valence-electron chi connectivity index (χ1n) is 6.74. The molecule has 21 heavy (non-hydrogen) atoms. The predicted molar refractivity (Wildman–Crippen MR) is 91.0 cm³/mol. The lowest BCUT2D eigenvalue weighted by atomic mass is 10.3. The third kappa shape index (κ3) is 5.01. The average molecular weight is 441 g/mol. The molecule has 1 heterocycles. The summed E-state index contributed by atoms with van der Waals surface area (Å²) in [5.41, 5.74) is 0. The fourth-order valence-corrected chi connectivity index (χ4v) is 4.95. The van der Waals surface area contributed by atoms with E-state index < -0.39 is 10.0 Å². The van der Waals surface area contributed by atoms with Gasteiger partial charge >= 0.3 is 0 Å². The van der Waals surface area contributed by atoms with E-state index in [0.29, 0.717) is 11.0 Å². The molecule has 1 aromatic carbocycles. The average Bonchev–Trinajstić information content (AvgIpc) is 2.40. The monoisotopic (exact) mass is 439 g/mol. The number of rotatable bonds is 5.